The quantitative estimate of drug-likeness (QED) is 0.737. The highest BCUT2D eigenvalue weighted by atomic mass is 16.4. The van der Waals surface area contributed by atoms with Gasteiger partial charge >= 0.3 is 11.9 Å². The number of aromatic carboxylic acids is 1. The number of benzene rings is 1. The molecule has 6 heteroatoms. The Kier molecular flexibility index (Phi) is 2.26. The third kappa shape index (κ3) is 1.69. The van der Waals surface area contributed by atoms with Gasteiger partial charge in [-0.3, -0.25) is 0 Å². The first kappa shape index (κ1) is 10.4. The van der Waals surface area contributed by atoms with Gasteiger partial charge < -0.3 is 9.52 Å². The van der Waals surface area contributed by atoms with Crippen LogP contribution in [-0.4, -0.2) is 26.3 Å². The number of para-hydroxylation sites is 1. The van der Waals surface area contributed by atoms with Crippen molar-refractivity contribution in [2.45, 2.75) is 0 Å². The van der Waals surface area contributed by atoms with Gasteiger partial charge in [-0.25, -0.2) is 9.78 Å². The van der Waals surface area contributed by atoms with E-state index in [2.05, 4.69) is 15.2 Å². The van der Waals surface area contributed by atoms with E-state index in [0.29, 0.717) is 5.69 Å². The zero-order chi connectivity index (χ0) is 12.5. The number of rotatable bonds is 2. The van der Waals surface area contributed by atoms with Crippen LogP contribution in [0.5, 0.6) is 0 Å². The Balaban J connectivity index is 2.10. The lowest BCUT2D eigenvalue weighted by molar-refractivity contribution is 0.0654. The summed E-state index contributed by atoms with van der Waals surface area (Å²) < 4.78 is 5.00. The van der Waals surface area contributed by atoms with Gasteiger partial charge in [-0.05, 0) is 12.1 Å². The zero-order valence-electron chi connectivity index (χ0n) is 9.07. The number of fused-ring (bicyclic) bond motifs is 1. The number of carbonyl (C=O) groups is 1. The van der Waals surface area contributed by atoms with E-state index in [1.807, 2.05) is 30.3 Å². The Labute approximate surface area is 101 Å². The van der Waals surface area contributed by atoms with E-state index in [9.17, 15) is 4.79 Å². The minimum absolute atomic E-state index is 0.0955. The van der Waals surface area contributed by atoms with Crippen molar-refractivity contribution in [3.63, 3.8) is 0 Å². The predicted molar refractivity (Wildman–Crippen MR) is 62.0 cm³/mol. The molecule has 3 aromatic rings. The molecule has 1 N–H and O–H groups in total. The molecule has 2 aromatic heterocycles. The maximum absolute atomic E-state index is 10.6. The van der Waals surface area contributed by atoms with Crippen LogP contribution in [-0.2, 0) is 0 Å². The molecule has 6 nitrogen and oxygen atoms in total. The Morgan fingerprint density at radius 2 is 1.94 bits per heavy atom. The average Bonchev–Trinajstić information content (AvgIpc) is 2.88. The molecule has 0 unspecified atom stereocenters. The lowest BCUT2D eigenvalue weighted by Gasteiger charge is -1.98. The van der Waals surface area contributed by atoms with Crippen LogP contribution in [0.25, 0.3) is 22.5 Å². The van der Waals surface area contributed by atoms with Gasteiger partial charge in [0, 0.05) is 5.39 Å². The standard InChI is InChI=1S/C12H7N3O3/c16-12(17)11-15-14-10(18-11)9-6-5-7-3-1-2-4-8(7)13-9/h1-6H,(H,16,17). The molecule has 0 aliphatic carbocycles. The Hall–Kier alpha value is -2.76. The summed E-state index contributed by atoms with van der Waals surface area (Å²) in [6.45, 7) is 0. The minimum atomic E-state index is -1.26. The van der Waals surface area contributed by atoms with Crippen molar-refractivity contribution in [2.75, 3.05) is 0 Å². The highest BCUT2D eigenvalue weighted by molar-refractivity contribution is 5.83. The van der Waals surface area contributed by atoms with E-state index in [4.69, 9.17) is 9.52 Å². The highest BCUT2D eigenvalue weighted by Gasteiger charge is 2.15. The number of carboxylic acid groups (broad SMARTS) is 1. The molecule has 18 heavy (non-hydrogen) atoms. The van der Waals surface area contributed by atoms with Crippen molar-refractivity contribution in [3.8, 4) is 11.6 Å². The fourth-order valence-corrected chi connectivity index (χ4v) is 1.60. The molecule has 0 saturated heterocycles. The van der Waals surface area contributed by atoms with Gasteiger partial charge in [-0.15, -0.1) is 10.2 Å². The van der Waals surface area contributed by atoms with E-state index in [-0.39, 0.29) is 5.89 Å². The molecular formula is C12H7N3O3. The molecular weight excluding hydrogens is 234 g/mol. The van der Waals surface area contributed by atoms with E-state index >= 15 is 0 Å². The van der Waals surface area contributed by atoms with E-state index in [1.165, 1.54) is 0 Å². The molecule has 0 fully saturated rings. The number of pyridine rings is 1. The topological polar surface area (TPSA) is 89.1 Å². The molecule has 88 valence electrons. The van der Waals surface area contributed by atoms with Gasteiger partial charge in [0.2, 0.25) is 0 Å². The molecule has 0 spiro atoms. The second-order valence-electron chi connectivity index (χ2n) is 3.61. The van der Waals surface area contributed by atoms with Crippen molar-refractivity contribution in [3.05, 3.63) is 42.3 Å². The highest BCUT2D eigenvalue weighted by Crippen LogP contribution is 2.19. The van der Waals surface area contributed by atoms with Crippen LogP contribution in [0.2, 0.25) is 0 Å². The third-order valence-corrected chi connectivity index (χ3v) is 2.43. The fraction of sp³-hybridized carbons (Fsp3) is 0. The maximum atomic E-state index is 10.6. The Morgan fingerprint density at radius 1 is 1.11 bits per heavy atom. The summed E-state index contributed by atoms with van der Waals surface area (Å²) in [5.41, 5.74) is 1.23. The number of aromatic nitrogens is 3. The minimum Gasteiger partial charge on any atom is -0.474 e. The van der Waals surface area contributed by atoms with Crippen LogP contribution in [0.1, 0.15) is 10.7 Å². The first-order valence-corrected chi connectivity index (χ1v) is 5.17. The number of hydrogen-bond donors (Lipinski definition) is 1. The van der Waals surface area contributed by atoms with Crippen molar-refractivity contribution < 1.29 is 14.3 Å². The van der Waals surface area contributed by atoms with Crippen LogP contribution in [0.15, 0.2) is 40.8 Å². The number of nitrogens with zero attached hydrogens (tertiary/aromatic N) is 3. The molecule has 3 rings (SSSR count). The summed E-state index contributed by atoms with van der Waals surface area (Å²) in [6, 6.07) is 11.1. The molecule has 0 bridgehead atoms. The number of hydrogen-bond acceptors (Lipinski definition) is 5. The molecule has 0 saturated carbocycles. The summed E-state index contributed by atoms with van der Waals surface area (Å²) in [4.78, 5) is 15.0. The van der Waals surface area contributed by atoms with Crippen molar-refractivity contribution >= 4 is 16.9 Å². The second-order valence-corrected chi connectivity index (χ2v) is 3.61. The molecule has 0 radical (unpaired) electrons. The van der Waals surface area contributed by atoms with Crippen LogP contribution < -0.4 is 0 Å². The lowest BCUT2D eigenvalue weighted by Crippen LogP contribution is -1.95. The van der Waals surface area contributed by atoms with E-state index < -0.39 is 11.9 Å². The van der Waals surface area contributed by atoms with Gasteiger partial charge in [0.1, 0.15) is 5.69 Å². The fourth-order valence-electron chi connectivity index (χ4n) is 1.60. The van der Waals surface area contributed by atoms with E-state index in [0.717, 1.165) is 10.9 Å². The van der Waals surface area contributed by atoms with Gasteiger partial charge in [0.15, 0.2) is 0 Å². The first-order valence-electron chi connectivity index (χ1n) is 5.17. The SMILES string of the molecule is O=C(O)c1nnc(-c2ccc3ccccc3n2)o1. The second kappa shape index (κ2) is 3.92. The first-order chi connectivity index (χ1) is 8.74. The van der Waals surface area contributed by atoms with Crippen molar-refractivity contribution in [2.24, 2.45) is 0 Å². The number of carboxylic acids is 1. The molecule has 0 atom stereocenters. The smallest absolute Gasteiger partial charge is 0.393 e. The molecule has 0 aliphatic heterocycles. The summed E-state index contributed by atoms with van der Waals surface area (Å²) in [5.74, 6) is -1.60. The molecule has 1 aromatic carbocycles. The van der Waals surface area contributed by atoms with Crippen LogP contribution >= 0.6 is 0 Å². The van der Waals surface area contributed by atoms with Crippen LogP contribution in [0, 0.1) is 0 Å². The normalized spacial score (nSPS) is 10.7. The lowest BCUT2D eigenvalue weighted by atomic mass is 10.2. The monoisotopic (exact) mass is 241 g/mol. The van der Waals surface area contributed by atoms with E-state index in [1.54, 1.807) is 6.07 Å². The van der Waals surface area contributed by atoms with Gasteiger partial charge in [0.25, 0.3) is 5.89 Å². The predicted octanol–water partition coefficient (Wildman–Crippen LogP) is 1.98. The molecule has 0 amide bonds. The third-order valence-electron chi connectivity index (χ3n) is 2.43. The average molecular weight is 241 g/mol. The van der Waals surface area contributed by atoms with Gasteiger partial charge in [-0.2, -0.15) is 0 Å². The Morgan fingerprint density at radius 3 is 2.72 bits per heavy atom. The van der Waals surface area contributed by atoms with Crippen molar-refractivity contribution in [1.29, 1.82) is 0 Å². The molecule has 2 heterocycles. The summed E-state index contributed by atoms with van der Waals surface area (Å²) in [6.07, 6.45) is 0. The zero-order valence-corrected chi connectivity index (χ0v) is 9.07. The van der Waals surface area contributed by atoms with Gasteiger partial charge in [0.05, 0.1) is 5.52 Å². The summed E-state index contributed by atoms with van der Waals surface area (Å²) >= 11 is 0. The van der Waals surface area contributed by atoms with Crippen LogP contribution in [0.3, 0.4) is 0 Å². The maximum Gasteiger partial charge on any atom is 0.393 e. The molecule has 0 aliphatic rings. The largest absolute Gasteiger partial charge is 0.474 e. The summed E-state index contributed by atoms with van der Waals surface area (Å²) in [7, 11) is 0. The van der Waals surface area contributed by atoms with Crippen LogP contribution in [0.4, 0.5) is 0 Å². The summed E-state index contributed by atoms with van der Waals surface area (Å²) in [5, 5.41) is 16.8. The van der Waals surface area contributed by atoms with Gasteiger partial charge in [-0.1, -0.05) is 24.3 Å². The Bertz CT molecular complexity index is 736. The van der Waals surface area contributed by atoms with Crippen molar-refractivity contribution in [1.82, 2.24) is 15.2 Å².